The third-order valence-corrected chi connectivity index (χ3v) is 2.85. The van der Waals surface area contributed by atoms with Crippen LogP contribution in [0.4, 0.5) is 8.78 Å². The number of halogens is 2. The number of nitrogens with zero attached hydrogens (tertiary/aromatic N) is 1. The number of aromatic nitrogens is 2. The Morgan fingerprint density at radius 3 is 2.84 bits per heavy atom. The number of carboxylic acid groups (broad SMARTS) is 1. The highest BCUT2D eigenvalue weighted by Crippen LogP contribution is 2.25. The van der Waals surface area contributed by atoms with Crippen molar-refractivity contribution in [2.24, 2.45) is 0 Å². The highest BCUT2D eigenvalue weighted by molar-refractivity contribution is 5.75. The largest absolute Gasteiger partial charge is 0.481 e. The molecule has 19 heavy (non-hydrogen) atoms. The number of imidazole rings is 1. The van der Waals surface area contributed by atoms with Gasteiger partial charge < -0.3 is 10.1 Å². The summed E-state index contributed by atoms with van der Waals surface area (Å²) in [4.78, 5) is 17.7. The second-order valence-electron chi connectivity index (χ2n) is 4.11. The van der Waals surface area contributed by atoms with E-state index in [9.17, 15) is 13.6 Å². The molecule has 100 valence electrons. The third kappa shape index (κ3) is 2.62. The van der Waals surface area contributed by atoms with E-state index in [1.165, 1.54) is 6.20 Å². The summed E-state index contributed by atoms with van der Waals surface area (Å²) in [6, 6.07) is 3.07. The van der Waals surface area contributed by atoms with Gasteiger partial charge in [0.1, 0.15) is 23.4 Å². The van der Waals surface area contributed by atoms with Gasteiger partial charge >= 0.3 is 5.97 Å². The van der Waals surface area contributed by atoms with Crippen LogP contribution in [-0.2, 0) is 4.79 Å². The number of H-pyrrole nitrogens is 1. The van der Waals surface area contributed by atoms with E-state index in [-0.39, 0.29) is 17.1 Å². The molecule has 0 aliphatic carbocycles. The molecule has 0 saturated heterocycles. The summed E-state index contributed by atoms with van der Waals surface area (Å²) in [7, 11) is 0. The maximum atomic E-state index is 13.6. The molecule has 1 atom stereocenters. The predicted octanol–water partition coefficient (Wildman–Crippen LogP) is 2.93. The molecule has 1 aromatic heterocycles. The summed E-state index contributed by atoms with van der Waals surface area (Å²) >= 11 is 0. The van der Waals surface area contributed by atoms with Crippen LogP contribution in [0, 0.1) is 11.6 Å². The Bertz CT molecular complexity index is 610. The summed E-state index contributed by atoms with van der Waals surface area (Å²) in [5, 5.41) is 9.01. The van der Waals surface area contributed by atoms with Crippen LogP contribution in [-0.4, -0.2) is 21.0 Å². The molecule has 6 heteroatoms. The molecule has 0 bridgehead atoms. The Kier molecular flexibility index (Phi) is 3.59. The molecule has 1 unspecified atom stereocenters. The SMILES string of the molecule is CCC(C(=O)O)c1ncc(-c2cc(F)ccc2F)[nH]1. The number of nitrogens with one attached hydrogen (secondary N) is 1. The van der Waals surface area contributed by atoms with E-state index in [1.54, 1.807) is 6.92 Å². The minimum Gasteiger partial charge on any atom is -0.481 e. The number of carboxylic acids is 1. The topological polar surface area (TPSA) is 66.0 Å². The molecule has 0 amide bonds. The van der Waals surface area contributed by atoms with Crippen LogP contribution in [0.3, 0.4) is 0 Å². The van der Waals surface area contributed by atoms with Crippen LogP contribution in [0.5, 0.6) is 0 Å². The molecule has 2 rings (SSSR count). The molecular formula is C13H12F2N2O2. The number of hydrogen-bond donors (Lipinski definition) is 2. The van der Waals surface area contributed by atoms with E-state index in [0.717, 1.165) is 18.2 Å². The van der Waals surface area contributed by atoms with Gasteiger partial charge in [0.2, 0.25) is 0 Å². The van der Waals surface area contributed by atoms with Crippen LogP contribution in [0.15, 0.2) is 24.4 Å². The average molecular weight is 266 g/mol. The van der Waals surface area contributed by atoms with Crippen molar-refractivity contribution >= 4 is 5.97 Å². The minimum absolute atomic E-state index is 0.0268. The van der Waals surface area contributed by atoms with Crippen LogP contribution in [0.25, 0.3) is 11.3 Å². The summed E-state index contributed by atoms with van der Waals surface area (Å²) < 4.78 is 26.7. The Morgan fingerprint density at radius 2 is 2.21 bits per heavy atom. The smallest absolute Gasteiger partial charge is 0.314 e. The fourth-order valence-electron chi connectivity index (χ4n) is 1.84. The van der Waals surface area contributed by atoms with E-state index < -0.39 is 23.5 Å². The van der Waals surface area contributed by atoms with Gasteiger partial charge in [0.15, 0.2) is 0 Å². The Hall–Kier alpha value is -2.24. The fraction of sp³-hybridized carbons (Fsp3) is 0.231. The van der Waals surface area contributed by atoms with Crippen molar-refractivity contribution in [3.05, 3.63) is 41.9 Å². The second kappa shape index (κ2) is 5.17. The van der Waals surface area contributed by atoms with Gasteiger partial charge in [0, 0.05) is 5.56 Å². The molecule has 0 aliphatic heterocycles. The normalized spacial score (nSPS) is 12.4. The van der Waals surface area contributed by atoms with E-state index in [4.69, 9.17) is 5.11 Å². The first-order valence-electron chi connectivity index (χ1n) is 5.76. The molecule has 0 radical (unpaired) electrons. The van der Waals surface area contributed by atoms with Crippen molar-refractivity contribution < 1.29 is 18.7 Å². The van der Waals surface area contributed by atoms with E-state index in [1.807, 2.05) is 0 Å². The highest BCUT2D eigenvalue weighted by atomic mass is 19.1. The van der Waals surface area contributed by atoms with Crippen molar-refractivity contribution in [1.82, 2.24) is 9.97 Å². The molecular weight excluding hydrogens is 254 g/mol. The van der Waals surface area contributed by atoms with Crippen LogP contribution in [0.2, 0.25) is 0 Å². The van der Waals surface area contributed by atoms with Gasteiger partial charge in [-0.25, -0.2) is 13.8 Å². The lowest BCUT2D eigenvalue weighted by Gasteiger charge is -2.05. The van der Waals surface area contributed by atoms with Crippen LogP contribution < -0.4 is 0 Å². The zero-order valence-electron chi connectivity index (χ0n) is 10.2. The molecule has 2 N–H and O–H groups in total. The van der Waals surface area contributed by atoms with Crippen LogP contribution in [0.1, 0.15) is 25.1 Å². The summed E-state index contributed by atoms with van der Waals surface area (Å²) in [6.45, 7) is 1.71. The number of benzene rings is 1. The number of carbonyl (C=O) groups is 1. The molecule has 4 nitrogen and oxygen atoms in total. The van der Waals surface area contributed by atoms with Gasteiger partial charge in [-0.05, 0) is 24.6 Å². The number of hydrogen-bond acceptors (Lipinski definition) is 2. The summed E-state index contributed by atoms with van der Waals surface area (Å²) in [6.07, 6.45) is 1.66. The van der Waals surface area contributed by atoms with Gasteiger partial charge in [-0.15, -0.1) is 0 Å². The van der Waals surface area contributed by atoms with E-state index in [0.29, 0.717) is 6.42 Å². The monoisotopic (exact) mass is 266 g/mol. The van der Waals surface area contributed by atoms with Crippen molar-refractivity contribution in [2.75, 3.05) is 0 Å². The van der Waals surface area contributed by atoms with Gasteiger partial charge in [-0.1, -0.05) is 6.92 Å². The zero-order chi connectivity index (χ0) is 14.0. The first-order valence-corrected chi connectivity index (χ1v) is 5.76. The van der Waals surface area contributed by atoms with Gasteiger partial charge in [-0.3, -0.25) is 4.79 Å². The molecule has 1 aromatic carbocycles. The van der Waals surface area contributed by atoms with E-state index >= 15 is 0 Å². The lowest BCUT2D eigenvalue weighted by atomic mass is 10.1. The lowest BCUT2D eigenvalue weighted by molar-refractivity contribution is -0.139. The Balaban J connectivity index is 2.40. The fourth-order valence-corrected chi connectivity index (χ4v) is 1.84. The van der Waals surface area contributed by atoms with Crippen molar-refractivity contribution in [3.63, 3.8) is 0 Å². The molecule has 0 spiro atoms. The average Bonchev–Trinajstić information content (AvgIpc) is 2.82. The second-order valence-corrected chi connectivity index (χ2v) is 4.11. The molecule has 0 aliphatic rings. The molecule has 0 saturated carbocycles. The quantitative estimate of drug-likeness (QED) is 0.894. The summed E-state index contributed by atoms with van der Waals surface area (Å²) in [5.74, 6) is -2.74. The van der Waals surface area contributed by atoms with E-state index in [2.05, 4.69) is 9.97 Å². The standard InChI is InChI=1S/C13H12F2N2O2/c1-2-8(13(18)19)12-16-6-11(17-12)9-5-7(14)3-4-10(9)15/h3-6,8H,2H2,1H3,(H,16,17)(H,18,19). The Morgan fingerprint density at radius 1 is 1.47 bits per heavy atom. The van der Waals surface area contributed by atoms with Gasteiger partial charge in [0.05, 0.1) is 11.9 Å². The maximum Gasteiger partial charge on any atom is 0.314 e. The molecule has 2 aromatic rings. The van der Waals surface area contributed by atoms with Crippen molar-refractivity contribution in [1.29, 1.82) is 0 Å². The lowest BCUT2D eigenvalue weighted by Crippen LogP contribution is -2.11. The Labute approximate surface area is 108 Å². The van der Waals surface area contributed by atoms with Gasteiger partial charge in [0.25, 0.3) is 0 Å². The highest BCUT2D eigenvalue weighted by Gasteiger charge is 2.21. The first kappa shape index (κ1) is 13.2. The zero-order valence-corrected chi connectivity index (χ0v) is 10.2. The third-order valence-electron chi connectivity index (χ3n) is 2.85. The number of aromatic amines is 1. The van der Waals surface area contributed by atoms with Crippen LogP contribution >= 0.6 is 0 Å². The van der Waals surface area contributed by atoms with Crippen molar-refractivity contribution in [2.45, 2.75) is 19.3 Å². The number of aliphatic carboxylic acids is 1. The molecule has 0 fully saturated rings. The summed E-state index contributed by atoms with van der Waals surface area (Å²) in [5.41, 5.74) is 0.283. The predicted molar refractivity (Wildman–Crippen MR) is 64.6 cm³/mol. The maximum absolute atomic E-state index is 13.6. The number of rotatable bonds is 4. The van der Waals surface area contributed by atoms with Gasteiger partial charge in [-0.2, -0.15) is 0 Å². The minimum atomic E-state index is -1.01. The first-order chi connectivity index (χ1) is 9.02. The molecule has 1 heterocycles. The van der Waals surface area contributed by atoms with Crippen molar-refractivity contribution in [3.8, 4) is 11.3 Å².